The van der Waals surface area contributed by atoms with Crippen molar-refractivity contribution in [1.29, 1.82) is 10.5 Å². The van der Waals surface area contributed by atoms with Crippen LogP contribution in [-0.4, -0.2) is 16.8 Å². The van der Waals surface area contributed by atoms with E-state index in [1.54, 1.807) is 10.9 Å². The molecule has 0 aromatic rings. The number of nitrogens with one attached hydrogen (secondary N) is 2. The second kappa shape index (κ2) is 5.99. The molecule has 0 saturated carbocycles. The monoisotopic (exact) mass is 194 g/mol. The van der Waals surface area contributed by atoms with Crippen molar-refractivity contribution in [2.75, 3.05) is 0 Å². The van der Waals surface area contributed by atoms with E-state index < -0.39 is 11.8 Å². The van der Waals surface area contributed by atoms with Gasteiger partial charge in [0.05, 0.1) is 0 Å². The number of hydrogen-bond acceptors (Lipinski definition) is 6. The summed E-state index contributed by atoms with van der Waals surface area (Å²) in [4.78, 5) is 21.5. The Morgan fingerprint density at radius 2 is 2.00 bits per heavy atom. The summed E-state index contributed by atoms with van der Waals surface area (Å²) in [6.07, 6.45) is 4.37. The molecule has 0 aromatic carbocycles. The lowest BCUT2D eigenvalue weighted by Gasteiger charge is -2.05. The molecule has 0 atom stereocenters. The number of nitrogens with two attached hydrogens (primary N) is 1. The van der Waals surface area contributed by atoms with Gasteiger partial charge in [-0.25, -0.2) is 11.3 Å². The van der Waals surface area contributed by atoms with E-state index in [2.05, 4.69) is 0 Å². The van der Waals surface area contributed by atoms with E-state index >= 15 is 0 Å². The highest BCUT2D eigenvalue weighted by molar-refractivity contribution is 5.96. The summed E-state index contributed by atoms with van der Waals surface area (Å²) >= 11 is 0. The molecule has 0 aromatic heterocycles. The minimum absolute atomic E-state index is 0.348. The predicted octanol–water partition coefficient (Wildman–Crippen LogP) is -2.17. The second-order valence-corrected chi connectivity index (χ2v) is 1.84. The molecule has 0 unspecified atom stereocenters. The lowest BCUT2D eigenvalue weighted by atomic mass is 10.4. The van der Waals surface area contributed by atoms with E-state index in [9.17, 15) is 9.59 Å². The Balaban J connectivity index is 4.34. The number of carbonyl (C=O) groups excluding carboxylic acids is 2. The normalized spacial score (nSPS) is 8.50. The molecule has 0 heterocycles. The van der Waals surface area contributed by atoms with Crippen molar-refractivity contribution in [3.63, 3.8) is 0 Å². The van der Waals surface area contributed by atoms with Gasteiger partial charge in [-0.05, 0) is 0 Å². The van der Waals surface area contributed by atoms with Crippen LogP contribution in [0.25, 0.3) is 0 Å². The molecule has 8 heteroatoms. The Morgan fingerprint density at radius 1 is 1.36 bits per heavy atom. The van der Waals surface area contributed by atoms with E-state index in [-0.39, 0.29) is 0 Å². The second-order valence-electron chi connectivity index (χ2n) is 1.84. The van der Waals surface area contributed by atoms with Crippen LogP contribution >= 0.6 is 0 Å². The van der Waals surface area contributed by atoms with E-state index in [4.69, 9.17) is 16.4 Å². The first-order chi connectivity index (χ1) is 6.65. The Bertz CT molecular complexity index is 335. The first kappa shape index (κ1) is 11.4. The van der Waals surface area contributed by atoms with Gasteiger partial charge in [-0.15, -0.1) is 5.01 Å². The number of nitrogens with zero attached hydrogens (tertiary/aromatic N) is 3. The number of nitriles is 2. The standard InChI is InChI=1S/C6H6N6O2/c7-3-10-12(4-8)6(14)2-1-5(13)11-9/h1-2,10H,9H2,(H,11,13)/b2-1+. The SMILES string of the molecule is N#CNN(C#N)C(=O)/C=C/C(=O)NN. The summed E-state index contributed by atoms with van der Waals surface area (Å²) < 4.78 is 0. The zero-order valence-corrected chi connectivity index (χ0v) is 6.89. The van der Waals surface area contributed by atoms with Crippen molar-refractivity contribution in [3.05, 3.63) is 12.2 Å². The third-order valence-electron chi connectivity index (χ3n) is 1.00. The molecule has 72 valence electrons. The van der Waals surface area contributed by atoms with E-state index in [1.165, 1.54) is 12.4 Å². The number of amides is 2. The molecular formula is C6H6N6O2. The fourth-order valence-corrected chi connectivity index (χ4v) is 0.449. The maximum Gasteiger partial charge on any atom is 0.279 e. The van der Waals surface area contributed by atoms with Crippen LogP contribution < -0.4 is 16.7 Å². The van der Waals surface area contributed by atoms with Gasteiger partial charge in [-0.1, -0.05) is 0 Å². The molecule has 0 rings (SSSR count). The van der Waals surface area contributed by atoms with Crippen LogP contribution in [0.15, 0.2) is 12.2 Å². The van der Waals surface area contributed by atoms with Crippen molar-refractivity contribution < 1.29 is 9.59 Å². The summed E-state index contributed by atoms with van der Waals surface area (Å²) in [6, 6.07) is 0. The minimum Gasteiger partial charge on any atom is -0.291 e. The molecule has 0 fully saturated rings. The third kappa shape index (κ3) is 3.71. The average Bonchev–Trinajstić information content (AvgIpc) is 2.21. The van der Waals surface area contributed by atoms with Crippen LogP contribution in [0.4, 0.5) is 0 Å². The largest absolute Gasteiger partial charge is 0.291 e. The van der Waals surface area contributed by atoms with Crippen LogP contribution in [0.5, 0.6) is 0 Å². The summed E-state index contributed by atoms with van der Waals surface area (Å²) in [5.74, 6) is 3.15. The van der Waals surface area contributed by atoms with Crippen LogP contribution in [0.2, 0.25) is 0 Å². The van der Waals surface area contributed by atoms with Crippen molar-refractivity contribution >= 4 is 11.8 Å². The topological polar surface area (TPSA) is 135 Å². The Labute approximate surface area is 79.1 Å². The number of carbonyl (C=O) groups is 2. The Kier molecular flexibility index (Phi) is 4.89. The van der Waals surface area contributed by atoms with Gasteiger partial charge in [0.1, 0.15) is 0 Å². The molecule has 0 radical (unpaired) electrons. The quantitative estimate of drug-likeness (QED) is 0.117. The van der Waals surface area contributed by atoms with E-state index in [0.717, 1.165) is 12.2 Å². The third-order valence-corrected chi connectivity index (χ3v) is 1.00. The molecule has 2 amide bonds. The molecule has 0 aliphatic heterocycles. The lowest BCUT2D eigenvalue weighted by Crippen LogP contribution is -2.35. The fourth-order valence-electron chi connectivity index (χ4n) is 0.449. The van der Waals surface area contributed by atoms with Crippen molar-refractivity contribution in [2.45, 2.75) is 0 Å². The molecule has 0 aliphatic carbocycles. The van der Waals surface area contributed by atoms with Crippen molar-refractivity contribution in [2.24, 2.45) is 5.84 Å². The molecule has 4 N–H and O–H groups in total. The van der Waals surface area contributed by atoms with Gasteiger partial charge >= 0.3 is 0 Å². The van der Waals surface area contributed by atoms with Gasteiger partial charge in [0.15, 0.2) is 6.19 Å². The van der Waals surface area contributed by atoms with Crippen molar-refractivity contribution in [3.8, 4) is 12.4 Å². The zero-order chi connectivity index (χ0) is 11.0. The van der Waals surface area contributed by atoms with Gasteiger partial charge in [0.25, 0.3) is 11.8 Å². The summed E-state index contributed by atoms with van der Waals surface area (Å²) in [6.45, 7) is 0. The van der Waals surface area contributed by atoms with Crippen molar-refractivity contribution in [1.82, 2.24) is 15.9 Å². The molecule has 0 aliphatic rings. The number of hydrazine groups is 2. The molecule has 0 spiro atoms. The number of rotatable bonds is 3. The van der Waals surface area contributed by atoms with Gasteiger partial charge in [-0.2, -0.15) is 10.5 Å². The smallest absolute Gasteiger partial charge is 0.279 e. The zero-order valence-electron chi connectivity index (χ0n) is 6.89. The molecule has 14 heavy (non-hydrogen) atoms. The summed E-state index contributed by atoms with van der Waals surface area (Å²) in [7, 11) is 0. The van der Waals surface area contributed by atoms with E-state index in [0.29, 0.717) is 5.01 Å². The summed E-state index contributed by atoms with van der Waals surface area (Å²) in [5, 5.41) is 16.8. The summed E-state index contributed by atoms with van der Waals surface area (Å²) in [5.41, 5.74) is 3.53. The van der Waals surface area contributed by atoms with Crippen LogP contribution in [0, 0.1) is 22.9 Å². The molecule has 0 saturated heterocycles. The molecular weight excluding hydrogens is 188 g/mol. The Morgan fingerprint density at radius 3 is 2.43 bits per heavy atom. The number of hydrogen-bond donors (Lipinski definition) is 3. The minimum atomic E-state index is -0.863. The maximum absolute atomic E-state index is 11.0. The first-order valence-electron chi connectivity index (χ1n) is 3.23. The van der Waals surface area contributed by atoms with Gasteiger partial charge in [-0.3, -0.25) is 15.0 Å². The highest BCUT2D eigenvalue weighted by atomic mass is 16.2. The van der Waals surface area contributed by atoms with Crippen LogP contribution in [-0.2, 0) is 9.59 Å². The van der Waals surface area contributed by atoms with Crippen LogP contribution in [0.1, 0.15) is 0 Å². The lowest BCUT2D eigenvalue weighted by molar-refractivity contribution is -0.125. The average molecular weight is 194 g/mol. The molecule has 0 bridgehead atoms. The highest BCUT2D eigenvalue weighted by Gasteiger charge is 2.08. The molecule has 8 nitrogen and oxygen atoms in total. The maximum atomic E-state index is 11.0. The fraction of sp³-hybridized carbons (Fsp3) is 0. The van der Waals surface area contributed by atoms with Gasteiger partial charge in [0.2, 0.25) is 6.19 Å². The van der Waals surface area contributed by atoms with Gasteiger partial charge < -0.3 is 0 Å². The Hall–Kier alpha value is -2.58. The predicted molar refractivity (Wildman–Crippen MR) is 42.7 cm³/mol. The van der Waals surface area contributed by atoms with Gasteiger partial charge in [0, 0.05) is 12.2 Å². The van der Waals surface area contributed by atoms with E-state index in [1.807, 2.05) is 0 Å². The highest BCUT2D eigenvalue weighted by Crippen LogP contribution is 1.83. The first-order valence-corrected chi connectivity index (χ1v) is 3.23. The van der Waals surface area contributed by atoms with Crippen LogP contribution in [0.3, 0.4) is 0 Å².